The Kier molecular flexibility index (Phi) is 4.14. The van der Waals surface area contributed by atoms with E-state index in [2.05, 4.69) is 15.8 Å². The molecule has 2 N–H and O–H groups in total. The summed E-state index contributed by atoms with van der Waals surface area (Å²) < 4.78 is 5.08. The first-order valence-electron chi connectivity index (χ1n) is 7.76. The summed E-state index contributed by atoms with van der Waals surface area (Å²) in [6.45, 7) is 3.62. The summed E-state index contributed by atoms with van der Waals surface area (Å²) in [6.07, 6.45) is 2.69. The van der Waals surface area contributed by atoms with Gasteiger partial charge in [-0.25, -0.2) is 0 Å². The number of hydrogen-bond acceptors (Lipinski definition) is 4. The molecule has 1 aliphatic carbocycles. The predicted octanol–water partition coefficient (Wildman–Crippen LogP) is 2.69. The number of carbonyl (C=O) groups is 2. The highest BCUT2D eigenvalue weighted by molar-refractivity contribution is 6.06. The van der Waals surface area contributed by atoms with E-state index in [4.69, 9.17) is 4.52 Å². The second-order valence-electron chi connectivity index (χ2n) is 5.70. The highest BCUT2D eigenvalue weighted by atomic mass is 16.5. The van der Waals surface area contributed by atoms with Crippen molar-refractivity contribution >= 4 is 17.5 Å². The summed E-state index contributed by atoms with van der Waals surface area (Å²) in [5.41, 5.74) is 2.19. The lowest BCUT2D eigenvalue weighted by Gasteiger charge is -2.08. The number of aryl methyl sites for hydroxylation is 2. The molecule has 0 atom stereocenters. The highest BCUT2D eigenvalue weighted by Crippen LogP contribution is 2.21. The topological polar surface area (TPSA) is 84.2 Å². The third-order valence-corrected chi connectivity index (χ3v) is 3.79. The van der Waals surface area contributed by atoms with Crippen molar-refractivity contribution < 1.29 is 14.1 Å². The number of benzene rings is 1. The van der Waals surface area contributed by atoms with Gasteiger partial charge in [0.1, 0.15) is 11.3 Å². The van der Waals surface area contributed by atoms with Crippen molar-refractivity contribution in [3.63, 3.8) is 0 Å². The van der Waals surface area contributed by atoms with E-state index in [0.717, 1.165) is 12.8 Å². The summed E-state index contributed by atoms with van der Waals surface area (Å²) in [6, 6.07) is 7.20. The van der Waals surface area contributed by atoms with Crippen LogP contribution in [0.25, 0.3) is 0 Å². The van der Waals surface area contributed by atoms with Crippen molar-refractivity contribution in [1.82, 2.24) is 10.5 Å². The largest absolute Gasteiger partial charge is 0.361 e. The molecule has 0 unspecified atom stereocenters. The molecule has 120 valence electrons. The molecule has 23 heavy (non-hydrogen) atoms. The molecule has 0 spiro atoms. The summed E-state index contributed by atoms with van der Waals surface area (Å²) in [4.78, 5) is 24.5. The van der Waals surface area contributed by atoms with Crippen LogP contribution in [0, 0.1) is 6.92 Å². The number of aromatic nitrogens is 1. The molecule has 2 aromatic rings. The van der Waals surface area contributed by atoms with E-state index in [1.54, 1.807) is 31.2 Å². The molecule has 1 fully saturated rings. The zero-order valence-electron chi connectivity index (χ0n) is 13.2. The fourth-order valence-electron chi connectivity index (χ4n) is 2.38. The first-order valence-corrected chi connectivity index (χ1v) is 7.76. The fourth-order valence-corrected chi connectivity index (χ4v) is 2.38. The Balaban J connectivity index is 1.75. The van der Waals surface area contributed by atoms with Gasteiger partial charge in [0.05, 0.1) is 5.69 Å². The van der Waals surface area contributed by atoms with Gasteiger partial charge in [-0.2, -0.15) is 0 Å². The zero-order valence-corrected chi connectivity index (χ0v) is 13.2. The van der Waals surface area contributed by atoms with Gasteiger partial charge in [0.15, 0.2) is 0 Å². The minimum Gasteiger partial charge on any atom is -0.361 e. The Bertz CT molecular complexity index is 747. The monoisotopic (exact) mass is 313 g/mol. The molecule has 3 rings (SSSR count). The molecule has 2 amide bonds. The Labute approximate surface area is 134 Å². The molecular weight excluding hydrogens is 294 g/mol. The second-order valence-corrected chi connectivity index (χ2v) is 5.70. The van der Waals surface area contributed by atoms with Crippen LogP contribution < -0.4 is 10.6 Å². The third kappa shape index (κ3) is 3.41. The number of carbonyl (C=O) groups excluding carboxylic acids is 2. The quantitative estimate of drug-likeness (QED) is 0.889. The standard InChI is InChI=1S/C17H19N3O3/c1-3-14-15(10(2)23-20-14)17(22)19-13-6-4-5-11(9-13)16(21)18-12-7-8-12/h4-6,9,12H,3,7-8H2,1-2H3,(H,18,21)(H,19,22). The van der Waals surface area contributed by atoms with Crippen molar-refractivity contribution in [2.75, 3.05) is 5.32 Å². The first kappa shape index (κ1) is 15.3. The average molecular weight is 313 g/mol. The summed E-state index contributed by atoms with van der Waals surface area (Å²) in [7, 11) is 0. The van der Waals surface area contributed by atoms with Gasteiger partial charge in [-0.05, 0) is 44.4 Å². The molecule has 1 saturated carbocycles. The molecule has 1 aromatic carbocycles. The van der Waals surface area contributed by atoms with E-state index in [1.165, 1.54) is 0 Å². The minimum absolute atomic E-state index is 0.112. The van der Waals surface area contributed by atoms with Gasteiger partial charge in [0, 0.05) is 17.3 Å². The number of hydrogen-bond donors (Lipinski definition) is 2. The predicted molar refractivity (Wildman–Crippen MR) is 85.5 cm³/mol. The van der Waals surface area contributed by atoms with E-state index in [-0.39, 0.29) is 11.8 Å². The lowest BCUT2D eigenvalue weighted by molar-refractivity contribution is 0.0949. The molecule has 0 radical (unpaired) electrons. The Hall–Kier alpha value is -2.63. The van der Waals surface area contributed by atoms with Crippen molar-refractivity contribution in [1.29, 1.82) is 0 Å². The van der Waals surface area contributed by atoms with E-state index >= 15 is 0 Å². The van der Waals surface area contributed by atoms with Gasteiger partial charge in [-0.1, -0.05) is 18.1 Å². The Morgan fingerprint density at radius 3 is 2.78 bits per heavy atom. The SMILES string of the molecule is CCc1noc(C)c1C(=O)Nc1cccc(C(=O)NC2CC2)c1. The van der Waals surface area contributed by atoms with E-state index in [0.29, 0.717) is 40.7 Å². The molecular formula is C17H19N3O3. The molecule has 1 heterocycles. The van der Waals surface area contributed by atoms with Gasteiger partial charge in [-0.15, -0.1) is 0 Å². The van der Waals surface area contributed by atoms with Gasteiger partial charge in [0.2, 0.25) is 0 Å². The minimum atomic E-state index is -0.277. The number of nitrogens with one attached hydrogen (secondary N) is 2. The maximum absolute atomic E-state index is 12.4. The van der Waals surface area contributed by atoms with Crippen LogP contribution in [0.15, 0.2) is 28.8 Å². The Morgan fingerprint density at radius 1 is 1.30 bits per heavy atom. The maximum Gasteiger partial charge on any atom is 0.261 e. The van der Waals surface area contributed by atoms with E-state index < -0.39 is 0 Å². The van der Waals surface area contributed by atoms with Crippen molar-refractivity contribution in [3.05, 3.63) is 46.8 Å². The summed E-state index contributed by atoms with van der Waals surface area (Å²) in [5.74, 6) is 0.0985. The molecule has 6 nitrogen and oxygen atoms in total. The molecule has 0 aliphatic heterocycles. The van der Waals surface area contributed by atoms with Crippen LogP contribution >= 0.6 is 0 Å². The van der Waals surface area contributed by atoms with Crippen molar-refractivity contribution in [2.45, 2.75) is 39.2 Å². The molecule has 0 bridgehead atoms. The van der Waals surface area contributed by atoms with Crippen molar-refractivity contribution in [3.8, 4) is 0 Å². The molecule has 1 aliphatic rings. The smallest absolute Gasteiger partial charge is 0.261 e. The van der Waals surface area contributed by atoms with Crippen LogP contribution in [0.3, 0.4) is 0 Å². The van der Waals surface area contributed by atoms with Gasteiger partial charge >= 0.3 is 0 Å². The number of rotatable bonds is 5. The van der Waals surface area contributed by atoms with Gasteiger partial charge < -0.3 is 15.2 Å². The van der Waals surface area contributed by atoms with Crippen LogP contribution in [0.1, 0.15) is 51.9 Å². The highest BCUT2D eigenvalue weighted by Gasteiger charge is 2.24. The van der Waals surface area contributed by atoms with Gasteiger partial charge in [-0.3, -0.25) is 9.59 Å². The lowest BCUT2D eigenvalue weighted by Crippen LogP contribution is -2.25. The summed E-state index contributed by atoms with van der Waals surface area (Å²) >= 11 is 0. The third-order valence-electron chi connectivity index (χ3n) is 3.79. The van der Waals surface area contributed by atoms with Crippen LogP contribution in [-0.2, 0) is 6.42 Å². The second kappa shape index (κ2) is 6.24. The van der Waals surface area contributed by atoms with E-state index in [1.807, 2.05) is 6.92 Å². The molecule has 1 aromatic heterocycles. The van der Waals surface area contributed by atoms with E-state index in [9.17, 15) is 9.59 Å². The first-order chi connectivity index (χ1) is 11.1. The number of amides is 2. The zero-order chi connectivity index (χ0) is 16.4. The maximum atomic E-state index is 12.4. The van der Waals surface area contributed by atoms with Crippen LogP contribution in [0.4, 0.5) is 5.69 Å². The summed E-state index contributed by atoms with van der Waals surface area (Å²) in [5, 5.41) is 9.62. The van der Waals surface area contributed by atoms with Crippen LogP contribution in [-0.4, -0.2) is 23.0 Å². The Morgan fingerprint density at radius 2 is 2.09 bits per heavy atom. The molecule has 6 heteroatoms. The van der Waals surface area contributed by atoms with Crippen molar-refractivity contribution in [2.24, 2.45) is 0 Å². The van der Waals surface area contributed by atoms with Gasteiger partial charge in [0.25, 0.3) is 11.8 Å². The molecule has 0 saturated heterocycles. The fraction of sp³-hybridized carbons (Fsp3) is 0.353. The van der Waals surface area contributed by atoms with Crippen LogP contribution in [0.2, 0.25) is 0 Å². The van der Waals surface area contributed by atoms with Crippen LogP contribution in [0.5, 0.6) is 0 Å². The number of nitrogens with zero attached hydrogens (tertiary/aromatic N) is 1. The normalized spacial score (nSPS) is 13.7. The lowest BCUT2D eigenvalue weighted by atomic mass is 10.1. The average Bonchev–Trinajstić information content (AvgIpc) is 3.27. The number of anilines is 1.